The maximum atomic E-state index is 11.2. The fourth-order valence-corrected chi connectivity index (χ4v) is 1.90. The molecule has 0 radical (unpaired) electrons. The molecule has 2 atom stereocenters. The standard InChI is InChI=1S/C9H15N3O4/c1-5-2-12(3-6(5)8(14)15)4-7(13)11-9(10)16/h5-6H,2-4H2,1H3,(H,14,15)(H3,10,11,13,16)/t5-,6-/m1/s1. The summed E-state index contributed by atoms with van der Waals surface area (Å²) in [6.07, 6.45) is 0. The van der Waals surface area contributed by atoms with E-state index in [0.717, 1.165) is 0 Å². The first kappa shape index (κ1) is 12.4. The minimum atomic E-state index is -0.896. The summed E-state index contributed by atoms with van der Waals surface area (Å²) in [5, 5.41) is 10.8. The number of aliphatic carboxylic acids is 1. The molecule has 1 rings (SSSR count). The Balaban J connectivity index is 2.44. The second kappa shape index (κ2) is 4.93. The van der Waals surface area contributed by atoms with Crippen LogP contribution in [0.3, 0.4) is 0 Å². The maximum absolute atomic E-state index is 11.2. The zero-order valence-electron chi connectivity index (χ0n) is 8.97. The SMILES string of the molecule is C[C@@H]1CN(CC(=O)NC(N)=O)C[C@H]1C(=O)O. The van der Waals surface area contributed by atoms with Crippen molar-refractivity contribution in [1.29, 1.82) is 0 Å². The molecule has 1 aliphatic heterocycles. The number of urea groups is 1. The van der Waals surface area contributed by atoms with Crippen molar-refractivity contribution in [2.45, 2.75) is 6.92 Å². The van der Waals surface area contributed by atoms with Crippen molar-refractivity contribution in [3.8, 4) is 0 Å². The fourth-order valence-electron chi connectivity index (χ4n) is 1.90. The number of nitrogens with zero attached hydrogens (tertiary/aromatic N) is 1. The Labute approximate surface area is 92.6 Å². The van der Waals surface area contributed by atoms with Gasteiger partial charge in [0.2, 0.25) is 5.91 Å². The summed E-state index contributed by atoms with van der Waals surface area (Å²) in [6, 6.07) is -0.896. The van der Waals surface area contributed by atoms with Gasteiger partial charge in [0.25, 0.3) is 0 Å². The molecule has 16 heavy (non-hydrogen) atoms. The molecule has 90 valence electrons. The molecule has 0 aliphatic carbocycles. The molecule has 1 saturated heterocycles. The zero-order valence-corrected chi connectivity index (χ0v) is 8.97. The Bertz CT molecular complexity index is 318. The molecule has 0 aromatic rings. The molecule has 1 heterocycles. The average Bonchev–Trinajstić information content (AvgIpc) is 2.44. The van der Waals surface area contributed by atoms with Crippen molar-refractivity contribution < 1.29 is 19.5 Å². The van der Waals surface area contributed by atoms with Crippen molar-refractivity contribution in [2.75, 3.05) is 19.6 Å². The van der Waals surface area contributed by atoms with Gasteiger partial charge >= 0.3 is 12.0 Å². The van der Waals surface area contributed by atoms with Gasteiger partial charge in [-0.15, -0.1) is 0 Å². The van der Waals surface area contributed by atoms with E-state index < -0.39 is 23.8 Å². The van der Waals surface area contributed by atoms with Crippen molar-refractivity contribution in [3.05, 3.63) is 0 Å². The Hall–Kier alpha value is -1.63. The monoisotopic (exact) mass is 229 g/mol. The molecule has 1 aliphatic rings. The largest absolute Gasteiger partial charge is 0.481 e. The second-order valence-corrected chi connectivity index (χ2v) is 4.03. The third-order valence-electron chi connectivity index (χ3n) is 2.63. The minimum absolute atomic E-state index is 0.00104. The number of carboxylic acids is 1. The summed E-state index contributed by atoms with van der Waals surface area (Å²) in [5.74, 6) is -1.82. The normalized spacial score (nSPS) is 25.3. The molecule has 3 amide bonds. The topological polar surface area (TPSA) is 113 Å². The molecule has 0 unspecified atom stereocenters. The van der Waals surface area contributed by atoms with Gasteiger partial charge in [-0.05, 0) is 5.92 Å². The number of carbonyl (C=O) groups excluding carboxylic acids is 2. The molecule has 7 nitrogen and oxygen atoms in total. The number of nitrogens with two attached hydrogens (primary N) is 1. The second-order valence-electron chi connectivity index (χ2n) is 4.03. The van der Waals surface area contributed by atoms with E-state index in [1.807, 2.05) is 12.2 Å². The third kappa shape index (κ3) is 3.20. The molecule has 0 bridgehead atoms. The molecule has 0 saturated carbocycles. The molecule has 0 aromatic carbocycles. The lowest BCUT2D eigenvalue weighted by Gasteiger charge is -2.13. The smallest absolute Gasteiger partial charge is 0.318 e. The highest BCUT2D eigenvalue weighted by Crippen LogP contribution is 2.22. The first-order valence-corrected chi connectivity index (χ1v) is 4.94. The van der Waals surface area contributed by atoms with Gasteiger partial charge in [-0.25, -0.2) is 4.79 Å². The van der Waals surface area contributed by atoms with Gasteiger partial charge in [-0.1, -0.05) is 6.92 Å². The van der Waals surface area contributed by atoms with Gasteiger partial charge in [-0.3, -0.25) is 19.8 Å². The number of amides is 3. The predicted octanol–water partition coefficient (Wildman–Crippen LogP) is -1.17. The lowest BCUT2D eigenvalue weighted by atomic mass is 9.99. The first-order chi connectivity index (χ1) is 7.40. The number of imide groups is 1. The number of nitrogens with one attached hydrogen (secondary N) is 1. The first-order valence-electron chi connectivity index (χ1n) is 4.94. The molecule has 7 heteroatoms. The summed E-state index contributed by atoms with van der Waals surface area (Å²) in [5.41, 5.74) is 4.79. The van der Waals surface area contributed by atoms with Crippen LogP contribution in [0.4, 0.5) is 4.79 Å². The number of hydrogen-bond acceptors (Lipinski definition) is 4. The Morgan fingerprint density at radius 2 is 2.06 bits per heavy atom. The van der Waals surface area contributed by atoms with Crippen LogP contribution in [-0.2, 0) is 9.59 Å². The molecule has 1 fully saturated rings. The summed E-state index contributed by atoms with van der Waals surface area (Å²) in [6.45, 7) is 2.67. The van der Waals surface area contributed by atoms with Gasteiger partial charge < -0.3 is 10.8 Å². The highest BCUT2D eigenvalue weighted by atomic mass is 16.4. The molecular weight excluding hydrogens is 214 g/mol. The van der Waals surface area contributed by atoms with E-state index in [2.05, 4.69) is 0 Å². The summed E-state index contributed by atoms with van der Waals surface area (Å²) in [4.78, 5) is 34.1. The maximum Gasteiger partial charge on any atom is 0.318 e. The van der Waals surface area contributed by atoms with E-state index in [1.165, 1.54) is 0 Å². The Kier molecular flexibility index (Phi) is 3.83. The third-order valence-corrected chi connectivity index (χ3v) is 2.63. The summed E-state index contributed by atoms with van der Waals surface area (Å²) in [7, 11) is 0. The van der Waals surface area contributed by atoms with E-state index >= 15 is 0 Å². The molecule has 4 N–H and O–H groups in total. The van der Waals surface area contributed by atoms with Crippen LogP contribution in [0, 0.1) is 11.8 Å². The van der Waals surface area contributed by atoms with E-state index in [4.69, 9.17) is 10.8 Å². The number of carboxylic acid groups (broad SMARTS) is 1. The quantitative estimate of drug-likeness (QED) is 0.564. The fraction of sp³-hybridized carbons (Fsp3) is 0.667. The number of likely N-dealkylation sites (tertiary alicyclic amines) is 1. The molecular formula is C9H15N3O4. The minimum Gasteiger partial charge on any atom is -0.481 e. The molecule has 0 aromatic heterocycles. The van der Waals surface area contributed by atoms with Crippen LogP contribution >= 0.6 is 0 Å². The van der Waals surface area contributed by atoms with E-state index in [1.54, 1.807) is 4.90 Å². The van der Waals surface area contributed by atoms with Gasteiger partial charge in [0.1, 0.15) is 0 Å². The van der Waals surface area contributed by atoms with Crippen LogP contribution in [0.1, 0.15) is 6.92 Å². The van der Waals surface area contributed by atoms with E-state index in [-0.39, 0.29) is 12.5 Å². The van der Waals surface area contributed by atoms with Crippen molar-refractivity contribution in [3.63, 3.8) is 0 Å². The Morgan fingerprint density at radius 3 is 2.50 bits per heavy atom. The number of carbonyl (C=O) groups is 3. The van der Waals surface area contributed by atoms with Crippen LogP contribution in [0.2, 0.25) is 0 Å². The zero-order chi connectivity index (χ0) is 12.3. The summed E-state index contributed by atoms with van der Waals surface area (Å²) >= 11 is 0. The highest BCUT2D eigenvalue weighted by molar-refractivity contribution is 5.94. The number of rotatable bonds is 3. The number of hydrogen-bond donors (Lipinski definition) is 3. The van der Waals surface area contributed by atoms with Gasteiger partial charge in [0.05, 0.1) is 12.5 Å². The lowest BCUT2D eigenvalue weighted by Crippen LogP contribution is -2.41. The highest BCUT2D eigenvalue weighted by Gasteiger charge is 2.35. The van der Waals surface area contributed by atoms with Gasteiger partial charge in [-0.2, -0.15) is 0 Å². The van der Waals surface area contributed by atoms with Crippen LogP contribution in [0.15, 0.2) is 0 Å². The van der Waals surface area contributed by atoms with Crippen molar-refractivity contribution in [2.24, 2.45) is 17.6 Å². The van der Waals surface area contributed by atoms with E-state index in [0.29, 0.717) is 13.1 Å². The van der Waals surface area contributed by atoms with Crippen molar-refractivity contribution >= 4 is 17.9 Å². The van der Waals surface area contributed by atoms with Gasteiger partial charge in [0.15, 0.2) is 0 Å². The molecule has 0 spiro atoms. The van der Waals surface area contributed by atoms with Gasteiger partial charge in [0, 0.05) is 13.1 Å². The predicted molar refractivity (Wildman–Crippen MR) is 54.5 cm³/mol. The number of primary amides is 1. The van der Waals surface area contributed by atoms with Crippen LogP contribution in [0.25, 0.3) is 0 Å². The Morgan fingerprint density at radius 1 is 1.44 bits per heavy atom. The average molecular weight is 229 g/mol. The van der Waals surface area contributed by atoms with E-state index in [9.17, 15) is 14.4 Å². The van der Waals surface area contributed by atoms with Crippen LogP contribution in [-0.4, -0.2) is 47.5 Å². The van der Waals surface area contributed by atoms with Crippen LogP contribution in [0.5, 0.6) is 0 Å². The lowest BCUT2D eigenvalue weighted by molar-refractivity contribution is -0.142. The van der Waals surface area contributed by atoms with Crippen LogP contribution < -0.4 is 11.1 Å². The summed E-state index contributed by atoms with van der Waals surface area (Å²) < 4.78 is 0. The van der Waals surface area contributed by atoms with Crippen molar-refractivity contribution in [1.82, 2.24) is 10.2 Å².